The summed E-state index contributed by atoms with van der Waals surface area (Å²) >= 11 is 0. The summed E-state index contributed by atoms with van der Waals surface area (Å²) in [5.74, 6) is 0. The molecule has 9 aromatic carbocycles. The third kappa shape index (κ3) is 9.45. The highest BCUT2D eigenvalue weighted by molar-refractivity contribution is 6.13. The molecule has 0 amide bonds. The second-order valence-electron chi connectivity index (χ2n) is 24.5. The summed E-state index contributed by atoms with van der Waals surface area (Å²) in [6.45, 7) is 29.5. The fourth-order valence-corrected chi connectivity index (χ4v) is 14.9. The lowest BCUT2D eigenvalue weighted by Gasteiger charge is -2.39. The zero-order chi connectivity index (χ0) is 61.4. The Bertz CT molecular complexity index is 4760. The lowest BCUT2D eigenvalue weighted by atomic mass is 9.63. The SMILES string of the molecule is C=C(C)/C=C(C)\C=C(\C)CC1(c2c(C)cc(C)cc2C)c2ccc3c4ccc(-c5c(C)cc(C)cc5C)cc4n(c3c2)-c2cc(C#N)c(-c3cc(C(F)(F)F)cc(C(F)(F)F)c3)cc2-n2c3cc(-c4c(C)cc(C)cc4C)ccc3c3ccc1cc32. The van der Waals surface area contributed by atoms with Gasteiger partial charge in [-0.05, 0) is 222 Å². The van der Waals surface area contributed by atoms with E-state index in [2.05, 4.69) is 219 Å². The van der Waals surface area contributed by atoms with Crippen LogP contribution in [0.3, 0.4) is 0 Å². The number of halogens is 6. The number of aromatic nitrogens is 2. The highest BCUT2D eigenvalue weighted by atomic mass is 19.4. The van der Waals surface area contributed by atoms with Crippen molar-refractivity contribution in [2.75, 3.05) is 0 Å². The van der Waals surface area contributed by atoms with Gasteiger partial charge in [0.2, 0.25) is 0 Å². The molecule has 1 aliphatic rings. The highest BCUT2D eigenvalue weighted by Gasteiger charge is 2.42. The molecule has 0 radical (unpaired) electrons. The number of hydrogen-bond donors (Lipinski definition) is 0. The molecule has 0 aliphatic carbocycles. The predicted octanol–water partition coefficient (Wildman–Crippen LogP) is 22.1. The van der Waals surface area contributed by atoms with E-state index in [9.17, 15) is 31.6 Å². The van der Waals surface area contributed by atoms with E-state index in [1.807, 2.05) is 6.92 Å². The third-order valence-corrected chi connectivity index (χ3v) is 17.7. The van der Waals surface area contributed by atoms with Gasteiger partial charge >= 0.3 is 12.4 Å². The maximum atomic E-state index is 15.0. The van der Waals surface area contributed by atoms with Gasteiger partial charge in [0.05, 0.1) is 56.2 Å². The minimum atomic E-state index is -5.15. The summed E-state index contributed by atoms with van der Waals surface area (Å²) in [5.41, 5.74) is 19.7. The molecule has 1 unspecified atom stereocenters. The van der Waals surface area contributed by atoms with Gasteiger partial charge in [0, 0.05) is 32.5 Å². The molecule has 0 saturated heterocycles. The van der Waals surface area contributed by atoms with Gasteiger partial charge in [0.15, 0.2) is 0 Å². The number of aryl methyl sites for hydroxylation is 9. The summed E-state index contributed by atoms with van der Waals surface area (Å²) < 4.78 is 94.0. The van der Waals surface area contributed by atoms with Crippen molar-refractivity contribution < 1.29 is 26.3 Å². The van der Waals surface area contributed by atoms with E-state index in [1.54, 1.807) is 12.1 Å². The quantitative estimate of drug-likeness (QED) is 0.110. The van der Waals surface area contributed by atoms with Crippen LogP contribution in [0.2, 0.25) is 0 Å². The predicted molar refractivity (Wildman–Crippen MR) is 342 cm³/mol. The number of nitrogens with zero attached hydrogens (tertiary/aromatic N) is 3. The average molecular weight is 1150 g/mol. The topological polar surface area (TPSA) is 33.6 Å². The van der Waals surface area contributed by atoms with E-state index >= 15 is 0 Å². The smallest absolute Gasteiger partial charge is 0.307 e. The van der Waals surface area contributed by atoms with Crippen molar-refractivity contribution in [2.24, 2.45) is 0 Å². The van der Waals surface area contributed by atoms with E-state index in [0.717, 1.165) is 161 Å². The van der Waals surface area contributed by atoms with Gasteiger partial charge in [-0.2, -0.15) is 31.6 Å². The van der Waals surface area contributed by atoms with E-state index in [1.165, 1.54) is 0 Å². The maximum absolute atomic E-state index is 15.0. The van der Waals surface area contributed by atoms with E-state index in [0.29, 0.717) is 17.8 Å². The monoisotopic (exact) mass is 1150 g/mol. The van der Waals surface area contributed by atoms with Crippen molar-refractivity contribution >= 4 is 43.6 Å². The summed E-state index contributed by atoms with van der Waals surface area (Å²) in [6, 6.07) is 46.6. The zero-order valence-corrected chi connectivity index (χ0v) is 50.5. The molecule has 86 heavy (non-hydrogen) atoms. The Hall–Kier alpha value is -9.13. The van der Waals surface area contributed by atoms with Gasteiger partial charge in [-0.15, -0.1) is 0 Å². The standard InChI is InChI=1S/C77H65F6N3/c1-41(2)22-42(3)23-46(7)39-75(74-51(12)28-45(6)29-52(74)13)57-16-20-63-61-18-14-53(72-47(8)24-43(4)25-48(72)9)32-66(61)85(68(63)36-57)70-34-56(40-84)65(55-30-59(76(78,79)80)35-60(31-55)77(81,82)83)38-71(70)86-67-33-54(73-49(10)26-44(5)27-50(73)11)15-19-62(67)64-21-17-58(75)37-69(64)86/h14-38H,1,39H2,2-13H3/b42-22-,46-23-. The fourth-order valence-electron chi connectivity index (χ4n) is 14.9. The van der Waals surface area contributed by atoms with Crippen LogP contribution in [0.25, 0.3) is 88.4 Å². The second kappa shape index (κ2) is 20.5. The number of alkyl halides is 6. The van der Waals surface area contributed by atoms with Crippen LogP contribution in [-0.4, -0.2) is 9.13 Å². The first-order valence-electron chi connectivity index (χ1n) is 29.0. The Kier molecular flexibility index (Phi) is 13.7. The van der Waals surface area contributed by atoms with E-state index < -0.39 is 34.5 Å². The summed E-state index contributed by atoms with van der Waals surface area (Å²) in [6.07, 6.45) is -5.44. The molecule has 4 bridgehead atoms. The number of rotatable bonds is 8. The molecule has 12 rings (SSSR count). The first-order valence-corrected chi connectivity index (χ1v) is 29.0. The van der Waals surface area contributed by atoms with Crippen LogP contribution in [0, 0.1) is 73.6 Å². The molecule has 0 saturated carbocycles. The van der Waals surface area contributed by atoms with Crippen molar-refractivity contribution in [3.63, 3.8) is 0 Å². The van der Waals surface area contributed by atoms with Crippen LogP contribution in [-0.2, 0) is 17.8 Å². The number of hydrogen-bond acceptors (Lipinski definition) is 1. The molecule has 3 nitrogen and oxygen atoms in total. The molecule has 1 aliphatic heterocycles. The summed E-state index contributed by atoms with van der Waals surface area (Å²) in [5, 5.41) is 15.0. The Balaban J connectivity index is 1.35. The lowest BCUT2D eigenvalue weighted by Crippen LogP contribution is -2.32. The van der Waals surface area contributed by atoms with Crippen molar-refractivity contribution in [1.82, 2.24) is 9.13 Å². The van der Waals surface area contributed by atoms with Crippen LogP contribution < -0.4 is 0 Å². The lowest BCUT2D eigenvalue weighted by molar-refractivity contribution is -0.143. The number of benzene rings is 9. The van der Waals surface area contributed by atoms with Gasteiger partial charge in [-0.3, -0.25) is 0 Å². The van der Waals surface area contributed by atoms with Crippen molar-refractivity contribution in [3.8, 4) is 50.8 Å². The van der Waals surface area contributed by atoms with Gasteiger partial charge < -0.3 is 9.13 Å². The van der Waals surface area contributed by atoms with Crippen LogP contribution in [0.5, 0.6) is 0 Å². The molecule has 3 heterocycles. The molecular formula is C77H65F6N3. The van der Waals surface area contributed by atoms with Gasteiger partial charge in [-0.1, -0.05) is 137 Å². The molecule has 0 fully saturated rings. The second-order valence-corrected chi connectivity index (χ2v) is 24.5. The molecule has 11 aromatic rings. The van der Waals surface area contributed by atoms with Gasteiger partial charge in [0.1, 0.15) is 0 Å². The van der Waals surface area contributed by atoms with Crippen molar-refractivity contribution in [1.29, 1.82) is 5.26 Å². The third-order valence-electron chi connectivity index (χ3n) is 17.7. The molecular weight excluding hydrogens is 1080 g/mol. The van der Waals surface area contributed by atoms with Gasteiger partial charge in [0.25, 0.3) is 0 Å². The molecule has 430 valence electrons. The Morgan fingerprint density at radius 2 is 0.872 bits per heavy atom. The van der Waals surface area contributed by atoms with E-state index in [4.69, 9.17) is 0 Å². The number of allylic oxidation sites excluding steroid dienone is 5. The minimum Gasteiger partial charge on any atom is -0.307 e. The van der Waals surface area contributed by atoms with Crippen LogP contribution in [0.1, 0.15) is 111 Å². The Labute approximate surface area is 498 Å². The molecule has 1 atom stereocenters. The van der Waals surface area contributed by atoms with Crippen LogP contribution in [0.15, 0.2) is 175 Å². The highest BCUT2D eigenvalue weighted by Crippen LogP contribution is 2.52. The maximum Gasteiger partial charge on any atom is 0.416 e. The minimum absolute atomic E-state index is 0.0856. The Morgan fingerprint density at radius 1 is 0.477 bits per heavy atom. The first kappa shape index (κ1) is 57.3. The average Bonchev–Trinajstić information content (AvgIpc) is 1.49. The van der Waals surface area contributed by atoms with E-state index in [-0.39, 0.29) is 17.2 Å². The summed E-state index contributed by atoms with van der Waals surface area (Å²) in [7, 11) is 0. The zero-order valence-electron chi connectivity index (χ0n) is 50.5. The Morgan fingerprint density at radius 3 is 1.28 bits per heavy atom. The first-order chi connectivity index (χ1) is 40.6. The van der Waals surface area contributed by atoms with Crippen molar-refractivity contribution in [2.45, 2.75) is 107 Å². The van der Waals surface area contributed by atoms with Crippen LogP contribution >= 0.6 is 0 Å². The summed E-state index contributed by atoms with van der Waals surface area (Å²) in [4.78, 5) is 0. The molecule has 2 aromatic heterocycles. The van der Waals surface area contributed by atoms with Crippen LogP contribution in [0.4, 0.5) is 26.3 Å². The molecule has 0 N–H and O–H groups in total. The largest absolute Gasteiger partial charge is 0.416 e. The molecule has 9 heteroatoms. The fraction of sp³-hybridized carbons (Fsp3) is 0.208. The van der Waals surface area contributed by atoms with Gasteiger partial charge in [-0.25, -0.2) is 0 Å². The molecule has 0 spiro atoms. The normalized spacial score (nSPS) is 14.7. The number of nitriles is 1. The number of fused-ring (bicyclic) bond motifs is 11. The van der Waals surface area contributed by atoms with Crippen molar-refractivity contribution in [3.05, 3.63) is 258 Å².